The van der Waals surface area contributed by atoms with Crippen molar-refractivity contribution in [3.8, 4) is 0 Å². The van der Waals surface area contributed by atoms with Gasteiger partial charge in [0.15, 0.2) is 0 Å². The van der Waals surface area contributed by atoms with E-state index in [2.05, 4.69) is 39.4 Å². The molecular weight excluding hydrogens is 362 g/mol. The van der Waals surface area contributed by atoms with E-state index in [1.54, 1.807) is 4.90 Å². The van der Waals surface area contributed by atoms with Crippen LogP contribution in [0.25, 0.3) is 0 Å². The maximum Gasteiger partial charge on any atom is 0.322 e. The minimum Gasteiger partial charge on any atom is -0.372 e. The molecule has 0 radical (unpaired) electrons. The van der Waals surface area contributed by atoms with Crippen molar-refractivity contribution >= 4 is 23.1 Å². The summed E-state index contributed by atoms with van der Waals surface area (Å²) in [7, 11) is 0. The molecule has 0 aromatic heterocycles. The first-order valence-corrected chi connectivity index (χ1v) is 9.72. The Morgan fingerprint density at radius 3 is 1.79 bits per heavy atom. The van der Waals surface area contributed by atoms with Crippen molar-refractivity contribution in [3.05, 3.63) is 54.1 Å². The molecule has 2 saturated heterocycles. The summed E-state index contributed by atoms with van der Waals surface area (Å²) in [4.78, 5) is 18.6. The zero-order valence-corrected chi connectivity index (χ0v) is 15.7. The van der Waals surface area contributed by atoms with E-state index in [9.17, 15) is 13.6 Å². The Morgan fingerprint density at radius 2 is 1.25 bits per heavy atom. The number of piperazine rings is 1. The van der Waals surface area contributed by atoms with E-state index in [-0.39, 0.29) is 0 Å². The molecule has 2 aliphatic heterocycles. The van der Waals surface area contributed by atoms with Gasteiger partial charge < -0.3 is 20.0 Å². The number of carbonyl (C=O) groups is 1. The highest BCUT2D eigenvalue weighted by Crippen LogP contribution is 2.25. The number of nitrogens with one attached hydrogen (secondary N) is 1. The predicted octanol–water partition coefficient (Wildman–Crippen LogP) is 3.92. The first-order chi connectivity index (χ1) is 13.6. The summed E-state index contributed by atoms with van der Waals surface area (Å²) < 4.78 is 27.4. The third-order valence-electron chi connectivity index (χ3n) is 5.45. The van der Waals surface area contributed by atoms with Crippen molar-refractivity contribution in [1.82, 2.24) is 4.90 Å². The number of rotatable bonds is 3. The molecule has 2 aliphatic rings. The van der Waals surface area contributed by atoms with Gasteiger partial charge >= 0.3 is 6.03 Å². The summed E-state index contributed by atoms with van der Waals surface area (Å²) in [5, 5.41) is 2.35. The Hall–Kier alpha value is -2.83. The number of carbonyl (C=O) groups excluding carboxylic acids is 1. The number of nitrogens with zero attached hydrogens (tertiary/aromatic N) is 3. The third kappa shape index (κ3) is 3.88. The highest BCUT2D eigenvalue weighted by molar-refractivity contribution is 5.89. The van der Waals surface area contributed by atoms with Crippen LogP contribution in [-0.4, -0.2) is 50.2 Å². The first kappa shape index (κ1) is 18.5. The van der Waals surface area contributed by atoms with Gasteiger partial charge in [0.25, 0.3) is 0 Å². The van der Waals surface area contributed by atoms with Gasteiger partial charge in [-0.2, -0.15) is 0 Å². The van der Waals surface area contributed by atoms with Gasteiger partial charge in [-0.25, -0.2) is 13.6 Å². The summed E-state index contributed by atoms with van der Waals surface area (Å²) in [5.41, 5.74) is 1.99. The molecule has 2 amide bonds. The molecular formula is C21H24F2N4O. The average Bonchev–Trinajstić information content (AvgIpc) is 3.26. The molecule has 5 nitrogen and oxygen atoms in total. The molecule has 7 heteroatoms. The van der Waals surface area contributed by atoms with E-state index in [1.807, 2.05) is 0 Å². The lowest BCUT2D eigenvalue weighted by Gasteiger charge is -2.36. The number of hydrogen-bond donors (Lipinski definition) is 1. The summed E-state index contributed by atoms with van der Waals surface area (Å²) in [6.45, 7) is 4.59. The summed E-state index contributed by atoms with van der Waals surface area (Å²) in [6.07, 6.45) is 2.51. The number of anilines is 3. The van der Waals surface area contributed by atoms with E-state index in [0.717, 1.165) is 30.9 Å². The van der Waals surface area contributed by atoms with Crippen LogP contribution < -0.4 is 15.1 Å². The second-order valence-electron chi connectivity index (χ2n) is 7.21. The maximum absolute atomic E-state index is 13.7. The van der Waals surface area contributed by atoms with Crippen molar-refractivity contribution in [2.75, 3.05) is 54.4 Å². The lowest BCUT2D eigenvalue weighted by Crippen LogP contribution is -2.50. The molecule has 0 atom stereocenters. The van der Waals surface area contributed by atoms with Gasteiger partial charge in [0.05, 0.1) is 0 Å². The molecule has 0 bridgehead atoms. The van der Waals surface area contributed by atoms with Gasteiger partial charge in [-0.15, -0.1) is 0 Å². The Kier molecular flexibility index (Phi) is 5.32. The molecule has 1 N–H and O–H groups in total. The van der Waals surface area contributed by atoms with Crippen LogP contribution >= 0.6 is 0 Å². The molecule has 2 aromatic rings. The zero-order valence-electron chi connectivity index (χ0n) is 15.7. The van der Waals surface area contributed by atoms with Crippen molar-refractivity contribution in [1.29, 1.82) is 0 Å². The lowest BCUT2D eigenvalue weighted by molar-refractivity contribution is 0.208. The monoisotopic (exact) mass is 386 g/mol. The third-order valence-corrected chi connectivity index (χ3v) is 5.45. The zero-order chi connectivity index (χ0) is 19.5. The molecule has 28 heavy (non-hydrogen) atoms. The molecule has 148 valence electrons. The Morgan fingerprint density at radius 1 is 0.750 bits per heavy atom. The predicted molar refractivity (Wildman–Crippen MR) is 107 cm³/mol. The SMILES string of the molecule is O=C(Nc1c(F)cccc1F)N1CCN(c2ccc(N3CCCC3)cc2)CC1. The van der Waals surface area contributed by atoms with Crippen molar-refractivity contribution in [3.63, 3.8) is 0 Å². The lowest BCUT2D eigenvalue weighted by atomic mass is 10.2. The van der Waals surface area contributed by atoms with Crippen LogP contribution in [0, 0.1) is 11.6 Å². The van der Waals surface area contributed by atoms with E-state index in [4.69, 9.17) is 0 Å². The first-order valence-electron chi connectivity index (χ1n) is 9.72. The van der Waals surface area contributed by atoms with Gasteiger partial charge in [-0.1, -0.05) is 6.07 Å². The fraction of sp³-hybridized carbons (Fsp3) is 0.381. The topological polar surface area (TPSA) is 38.8 Å². The van der Waals surface area contributed by atoms with Crippen LogP contribution in [0.4, 0.5) is 30.6 Å². The van der Waals surface area contributed by atoms with Crippen LogP contribution in [0.5, 0.6) is 0 Å². The molecule has 4 rings (SSSR count). The van der Waals surface area contributed by atoms with E-state index in [0.29, 0.717) is 26.2 Å². The number of halogens is 2. The summed E-state index contributed by atoms with van der Waals surface area (Å²) in [6, 6.07) is 11.6. The number of benzene rings is 2. The highest BCUT2D eigenvalue weighted by atomic mass is 19.1. The van der Waals surface area contributed by atoms with Crippen LogP contribution in [0.3, 0.4) is 0 Å². The van der Waals surface area contributed by atoms with Crippen LogP contribution in [0.1, 0.15) is 12.8 Å². The van der Waals surface area contributed by atoms with Crippen molar-refractivity contribution < 1.29 is 13.6 Å². The number of hydrogen-bond acceptors (Lipinski definition) is 3. The number of para-hydroxylation sites is 1. The molecule has 2 aromatic carbocycles. The van der Waals surface area contributed by atoms with Gasteiger partial charge in [-0.05, 0) is 49.2 Å². The molecule has 0 spiro atoms. The fourth-order valence-corrected chi connectivity index (χ4v) is 3.82. The molecule has 0 saturated carbocycles. The normalized spacial score (nSPS) is 17.1. The largest absolute Gasteiger partial charge is 0.372 e. The van der Waals surface area contributed by atoms with Crippen molar-refractivity contribution in [2.45, 2.75) is 12.8 Å². The van der Waals surface area contributed by atoms with Gasteiger partial charge in [0.2, 0.25) is 0 Å². The maximum atomic E-state index is 13.7. The molecule has 2 heterocycles. The molecule has 2 fully saturated rings. The smallest absolute Gasteiger partial charge is 0.322 e. The Labute approximate surface area is 163 Å². The fourth-order valence-electron chi connectivity index (χ4n) is 3.82. The van der Waals surface area contributed by atoms with Crippen LogP contribution in [-0.2, 0) is 0 Å². The average molecular weight is 386 g/mol. The summed E-state index contributed by atoms with van der Waals surface area (Å²) in [5.74, 6) is -1.55. The van der Waals surface area contributed by atoms with Crippen LogP contribution in [0.15, 0.2) is 42.5 Å². The summed E-state index contributed by atoms with van der Waals surface area (Å²) >= 11 is 0. The second-order valence-corrected chi connectivity index (χ2v) is 7.21. The van der Waals surface area contributed by atoms with Gasteiger partial charge in [0.1, 0.15) is 17.3 Å². The van der Waals surface area contributed by atoms with E-state index >= 15 is 0 Å². The van der Waals surface area contributed by atoms with Gasteiger partial charge in [-0.3, -0.25) is 0 Å². The van der Waals surface area contributed by atoms with Gasteiger partial charge in [0, 0.05) is 50.6 Å². The van der Waals surface area contributed by atoms with Crippen molar-refractivity contribution in [2.24, 2.45) is 0 Å². The minimum atomic E-state index is -0.773. The quantitative estimate of drug-likeness (QED) is 0.869. The number of amides is 2. The van der Waals surface area contributed by atoms with Crippen LogP contribution in [0.2, 0.25) is 0 Å². The minimum absolute atomic E-state index is 0.396. The second kappa shape index (κ2) is 8.04. The number of urea groups is 1. The Bertz CT molecular complexity index is 809. The molecule has 0 unspecified atom stereocenters. The highest BCUT2D eigenvalue weighted by Gasteiger charge is 2.23. The standard InChI is InChI=1S/C21H24F2N4O/c22-18-4-3-5-19(23)20(18)24-21(28)27-14-12-26(13-15-27)17-8-6-16(7-9-17)25-10-1-2-11-25/h3-9H,1-2,10-15H2,(H,24,28). The Balaban J connectivity index is 1.33. The van der Waals surface area contributed by atoms with E-state index in [1.165, 1.54) is 24.6 Å². The molecule has 0 aliphatic carbocycles. The van der Waals surface area contributed by atoms with E-state index < -0.39 is 23.4 Å².